The molecule has 2 heteroatoms. The number of fused-ring (bicyclic) bond motifs is 1. The van der Waals surface area contributed by atoms with Crippen molar-refractivity contribution in [3.8, 4) is 11.1 Å². The van der Waals surface area contributed by atoms with Crippen molar-refractivity contribution in [3.63, 3.8) is 0 Å². The summed E-state index contributed by atoms with van der Waals surface area (Å²) in [4.78, 5) is 4.56. The highest BCUT2D eigenvalue weighted by Crippen LogP contribution is 2.24. The van der Waals surface area contributed by atoms with Gasteiger partial charge in [-0.3, -0.25) is 4.98 Å². The minimum atomic E-state index is 0.836. The molecule has 0 spiro atoms. The first kappa shape index (κ1) is 12.7. The van der Waals surface area contributed by atoms with E-state index in [9.17, 15) is 0 Å². The van der Waals surface area contributed by atoms with Crippen molar-refractivity contribution in [1.82, 2.24) is 9.55 Å². The summed E-state index contributed by atoms with van der Waals surface area (Å²) >= 11 is 0. The highest BCUT2D eigenvalue weighted by Gasteiger charge is 2.05. The Bertz CT molecular complexity index is 781. The maximum absolute atomic E-state index is 4.56. The van der Waals surface area contributed by atoms with Crippen LogP contribution in [0.2, 0.25) is 0 Å². The minimum absolute atomic E-state index is 0.836. The van der Waals surface area contributed by atoms with E-state index in [1.54, 1.807) is 0 Å². The first-order valence-corrected chi connectivity index (χ1v) is 6.80. The van der Waals surface area contributed by atoms with Crippen molar-refractivity contribution in [1.29, 1.82) is 0 Å². The number of benzene rings is 1. The van der Waals surface area contributed by atoms with Crippen LogP contribution in [-0.4, -0.2) is 9.55 Å². The van der Waals surface area contributed by atoms with Crippen LogP contribution in [0.15, 0.2) is 60.9 Å². The summed E-state index contributed by atoms with van der Waals surface area (Å²) in [6.07, 6.45) is 4.02. The zero-order valence-corrected chi connectivity index (χ0v) is 11.9. The summed E-state index contributed by atoms with van der Waals surface area (Å²) in [5.41, 5.74) is 6.96. The normalized spacial score (nSPS) is 10.9. The smallest absolute Gasteiger partial charge is 0.0881 e. The van der Waals surface area contributed by atoms with Crippen molar-refractivity contribution >= 4 is 11.0 Å². The van der Waals surface area contributed by atoms with Gasteiger partial charge in [0, 0.05) is 24.5 Å². The predicted octanol–water partition coefficient (Wildman–Crippen LogP) is 4.59. The lowest BCUT2D eigenvalue weighted by Gasteiger charge is -2.07. The number of pyridine rings is 1. The average molecular weight is 262 g/mol. The van der Waals surface area contributed by atoms with E-state index in [0.29, 0.717) is 0 Å². The van der Waals surface area contributed by atoms with Gasteiger partial charge in [-0.05, 0) is 31.5 Å². The van der Waals surface area contributed by atoms with Gasteiger partial charge in [0.25, 0.3) is 0 Å². The molecule has 0 atom stereocenters. The Morgan fingerprint density at radius 1 is 1.20 bits per heavy atom. The lowest BCUT2D eigenvalue weighted by molar-refractivity contribution is 0.822. The Balaban J connectivity index is 2.11. The van der Waals surface area contributed by atoms with Crippen LogP contribution in [0.4, 0.5) is 0 Å². The minimum Gasteiger partial charge on any atom is -0.342 e. The number of rotatable bonds is 3. The third kappa shape index (κ3) is 2.37. The topological polar surface area (TPSA) is 17.8 Å². The number of allylic oxidation sites excluding steroid dienone is 1. The second kappa shape index (κ2) is 4.97. The molecule has 0 N–H and O–H groups in total. The Hall–Kier alpha value is -2.35. The van der Waals surface area contributed by atoms with Crippen molar-refractivity contribution in [2.45, 2.75) is 20.4 Å². The molecule has 0 unspecified atom stereocenters. The van der Waals surface area contributed by atoms with Crippen LogP contribution in [0.5, 0.6) is 0 Å². The van der Waals surface area contributed by atoms with E-state index >= 15 is 0 Å². The maximum atomic E-state index is 4.56. The van der Waals surface area contributed by atoms with Crippen LogP contribution < -0.4 is 0 Å². The largest absolute Gasteiger partial charge is 0.342 e. The maximum Gasteiger partial charge on any atom is 0.0881 e. The third-order valence-corrected chi connectivity index (χ3v) is 3.41. The average Bonchev–Trinajstić information content (AvgIpc) is 2.80. The number of aromatic nitrogens is 2. The van der Waals surface area contributed by atoms with Crippen molar-refractivity contribution in [2.24, 2.45) is 0 Å². The van der Waals surface area contributed by atoms with Crippen LogP contribution in [0.3, 0.4) is 0 Å². The van der Waals surface area contributed by atoms with Crippen LogP contribution >= 0.6 is 0 Å². The lowest BCUT2D eigenvalue weighted by Crippen LogP contribution is -1.96. The Morgan fingerprint density at radius 2 is 2.05 bits per heavy atom. The molecule has 0 aliphatic carbocycles. The molecule has 0 bridgehead atoms. The van der Waals surface area contributed by atoms with Crippen LogP contribution in [0.1, 0.15) is 12.5 Å². The van der Waals surface area contributed by atoms with E-state index in [2.05, 4.69) is 65.6 Å². The molecule has 0 aliphatic rings. The fraction of sp³-hybridized carbons (Fsp3) is 0.167. The molecule has 0 saturated heterocycles. The van der Waals surface area contributed by atoms with Gasteiger partial charge in [0.15, 0.2) is 0 Å². The van der Waals surface area contributed by atoms with Gasteiger partial charge in [-0.15, -0.1) is 0 Å². The monoisotopic (exact) mass is 262 g/mol. The highest BCUT2D eigenvalue weighted by atomic mass is 15.0. The van der Waals surface area contributed by atoms with Gasteiger partial charge in [0.05, 0.1) is 11.0 Å². The first-order valence-electron chi connectivity index (χ1n) is 6.80. The number of nitrogens with zero attached hydrogens (tertiary/aromatic N) is 2. The van der Waals surface area contributed by atoms with Crippen molar-refractivity contribution in [3.05, 3.63) is 66.5 Å². The molecule has 3 aromatic rings. The zero-order chi connectivity index (χ0) is 14.1. The molecule has 2 nitrogen and oxygen atoms in total. The number of hydrogen-bond acceptors (Lipinski definition) is 1. The van der Waals surface area contributed by atoms with Gasteiger partial charge in [0.1, 0.15) is 0 Å². The quantitative estimate of drug-likeness (QED) is 0.631. The molecule has 2 heterocycles. The van der Waals surface area contributed by atoms with Crippen molar-refractivity contribution in [2.75, 3.05) is 0 Å². The molecule has 20 heavy (non-hydrogen) atoms. The van der Waals surface area contributed by atoms with E-state index in [1.807, 2.05) is 13.1 Å². The van der Waals surface area contributed by atoms with E-state index in [1.165, 1.54) is 11.1 Å². The fourth-order valence-electron chi connectivity index (χ4n) is 2.47. The molecule has 0 radical (unpaired) electrons. The second-order valence-electron chi connectivity index (χ2n) is 5.40. The van der Waals surface area contributed by atoms with Crippen LogP contribution in [0.25, 0.3) is 22.2 Å². The summed E-state index contributed by atoms with van der Waals surface area (Å²) < 4.78 is 2.20. The van der Waals surface area contributed by atoms with Crippen molar-refractivity contribution < 1.29 is 0 Å². The van der Waals surface area contributed by atoms with Gasteiger partial charge in [-0.25, -0.2) is 0 Å². The van der Waals surface area contributed by atoms with Gasteiger partial charge in [-0.1, -0.05) is 42.0 Å². The second-order valence-corrected chi connectivity index (χ2v) is 5.40. The Labute approximate surface area is 119 Å². The summed E-state index contributed by atoms with van der Waals surface area (Å²) in [7, 11) is 0. The van der Waals surface area contributed by atoms with Crippen LogP contribution in [0, 0.1) is 6.92 Å². The molecule has 0 saturated carbocycles. The van der Waals surface area contributed by atoms with Gasteiger partial charge in [-0.2, -0.15) is 0 Å². The standard InChI is InChI=1S/C18H18N2/c1-13(2)12-20-8-7-17-18(20)10-16(11-19-17)15-6-4-5-14(3)9-15/h4-11H,1,12H2,2-3H3. The SMILES string of the molecule is C=C(C)Cn1ccc2ncc(-c3cccc(C)c3)cc21. The fourth-order valence-corrected chi connectivity index (χ4v) is 2.47. The lowest BCUT2D eigenvalue weighted by atomic mass is 10.1. The summed E-state index contributed by atoms with van der Waals surface area (Å²) in [5, 5.41) is 0. The van der Waals surface area contributed by atoms with E-state index in [4.69, 9.17) is 0 Å². The molecule has 0 aliphatic heterocycles. The Kier molecular flexibility index (Phi) is 3.15. The summed E-state index contributed by atoms with van der Waals surface area (Å²) in [5.74, 6) is 0. The molecular weight excluding hydrogens is 244 g/mol. The molecule has 2 aromatic heterocycles. The van der Waals surface area contributed by atoms with Crippen LogP contribution in [-0.2, 0) is 6.54 Å². The molecule has 0 amide bonds. The van der Waals surface area contributed by atoms with E-state index in [-0.39, 0.29) is 0 Å². The summed E-state index contributed by atoms with van der Waals surface area (Å²) in [6, 6.07) is 12.8. The third-order valence-electron chi connectivity index (χ3n) is 3.41. The summed E-state index contributed by atoms with van der Waals surface area (Å²) in [6.45, 7) is 8.98. The van der Waals surface area contributed by atoms with E-state index in [0.717, 1.165) is 28.7 Å². The Morgan fingerprint density at radius 3 is 2.80 bits per heavy atom. The number of aryl methyl sites for hydroxylation is 1. The molecule has 100 valence electrons. The van der Waals surface area contributed by atoms with E-state index < -0.39 is 0 Å². The molecular formula is C18H18N2. The van der Waals surface area contributed by atoms with Gasteiger partial charge >= 0.3 is 0 Å². The zero-order valence-electron chi connectivity index (χ0n) is 11.9. The number of hydrogen-bond donors (Lipinski definition) is 0. The highest BCUT2D eigenvalue weighted by molar-refractivity contribution is 5.81. The predicted molar refractivity (Wildman–Crippen MR) is 84.7 cm³/mol. The molecule has 3 rings (SSSR count). The molecule has 0 fully saturated rings. The van der Waals surface area contributed by atoms with Gasteiger partial charge in [0.2, 0.25) is 0 Å². The van der Waals surface area contributed by atoms with Gasteiger partial charge < -0.3 is 4.57 Å². The first-order chi connectivity index (χ1) is 9.63. The molecule has 1 aromatic carbocycles.